The maximum Gasteiger partial charge on any atom is 0.165 e. The molecule has 7 heteroatoms. The Bertz CT molecular complexity index is 562. The minimum atomic E-state index is -3.00. The zero-order valence-electron chi connectivity index (χ0n) is 10.6. The van der Waals surface area contributed by atoms with Crippen molar-refractivity contribution in [3.05, 3.63) is 29.6 Å². The third-order valence-electron chi connectivity index (χ3n) is 3.45. The number of hydrogen-bond acceptors (Lipinski definition) is 5. The molecule has 5 nitrogen and oxygen atoms in total. The molecule has 2 unspecified atom stereocenters. The molecule has 0 spiro atoms. The van der Waals surface area contributed by atoms with Crippen LogP contribution < -0.4 is 16.0 Å². The van der Waals surface area contributed by atoms with Crippen molar-refractivity contribution in [2.75, 3.05) is 18.6 Å². The topological polar surface area (TPSA) is 81.4 Å². The predicted molar refractivity (Wildman–Crippen MR) is 69.8 cm³/mol. The summed E-state index contributed by atoms with van der Waals surface area (Å²) in [6.07, 6.45) is 0.533. The molecule has 0 aliphatic carbocycles. The van der Waals surface area contributed by atoms with E-state index in [1.54, 1.807) is 6.07 Å². The largest absolute Gasteiger partial charge is 0.494 e. The Kier molecular flexibility index (Phi) is 4.07. The summed E-state index contributed by atoms with van der Waals surface area (Å²) in [7, 11) is -1.61. The fraction of sp³-hybridized carbons (Fsp3) is 0.500. The van der Waals surface area contributed by atoms with Gasteiger partial charge in [0, 0.05) is 6.04 Å². The Morgan fingerprint density at radius 1 is 1.53 bits per heavy atom. The fourth-order valence-electron chi connectivity index (χ4n) is 2.47. The van der Waals surface area contributed by atoms with Crippen molar-refractivity contribution in [2.24, 2.45) is 11.8 Å². The quantitative estimate of drug-likeness (QED) is 0.632. The van der Waals surface area contributed by atoms with Gasteiger partial charge in [-0.3, -0.25) is 11.3 Å². The van der Waals surface area contributed by atoms with E-state index in [0.29, 0.717) is 12.0 Å². The first-order valence-electron chi connectivity index (χ1n) is 5.97. The number of sulfone groups is 1. The van der Waals surface area contributed by atoms with E-state index in [1.165, 1.54) is 19.2 Å². The van der Waals surface area contributed by atoms with Crippen LogP contribution in [-0.4, -0.2) is 27.0 Å². The van der Waals surface area contributed by atoms with Gasteiger partial charge in [-0.05, 0) is 30.0 Å². The number of halogens is 1. The lowest BCUT2D eigenvalue weighted by molar-refractivity contribution is 0.378. The second-order valence-electron chi connectivity index (χ2n) is 4.70. The molecule has 1 aromatic carbocycles. The van der Waals surface area contributed by atoms with Crippen molar-refractivity contribution < 1.29 is 17.5 Å². The highest BCUT2D eigenvalue weighted by Crippen LogP contribution is 2.32. The average molecular weight is 288 g/mol. The summed E-state index contributed by atoms with van der Waals surface area (Å²) in [4.78, 5) is 0. The van der Waals surface area contributed by atoms with Crippen molar-refractivity contribution in [2.45, 2.75) is 12.5 Å². The van der Waals surface area contributed by atoms with Crippen molar-refractivity contribution in [3.63, 3.8) is 0 Å². The van der Waals surface area contributed by atoms with E-state index >= 15 is 0 Å². The number of nitrogens with two attached hydrogens (primary N) is 1. The van der Waals surface area contributed by atoms with Crippen molar-refractivity contribution in [1.29, 1.82) is 0 Å². The molecule has 2 atom stereocenters. The lowest BCUT2D eigenvalue weighted by atomic mass is 9.93. The molecule has 1 heterocycles. The van der Waals surface area contributed by atoms with Gasteiger partial charge in [0.1, 0.15) is 0 Å². The van der Waals surface area contributed by atoms with Crippen molar-refractivity contribution in [1.82, 2.24) is 5.43 Å². The van der Waals surface area contributed by atoms with Gasteiger partial charge in [0.15, 0.2) is 21.4 Å². The van der Waals surface area contributed by atoms with Gasteiger partial charge in [-0.25, -0.2) is 12.8 Å². The van der Waals surface area contributed by atoms with E-state index in [9.17, 15) is 12.8 Å². The maximum absolute atomic E-state index is 13.7. The SMILES string of the molecule is COc1ccc(C(NN)C2CCS(=O)(=O)C2)cc1F. The summed E-state index contributed by atoms with van der Waals surface area (Å²) in [5.41, 5.74) is 3.22. The van der Waals surface area contributed by atoms with Gasteiger partial charge in [0.05, 0.1) is 18.6 Å². The monoisotopic (exact) mass is 288 g/mol. The highest BCUT2D eigenvalue weighted by molar-refractivity contribution is 7.91. The number of hydrogen-bond donors (Lipinski definition) is 2. The van der Waals surface area contributed by atoms with Crippen LogP contribution >= 0.6 is 0 Å². The zero-order valence-corrected chi connectivity index (χ0v) is 11.4. The minimum absolute atomic E-state index is 0.0789. The molecule has 0 radical (unpaired) electrons. The summed E-state index contributed by atoms with van der Waals surface area (Å²) in [5, 5.41) is 0. The molecular formula is C12H17FN2O3S. The van der Waals surface area contributed by atoms with E-state index in [4.69, 9.17) is 10.6 Å². The third-order valence-corrected chi connectivity index (χ3v) is 5.25. The van der Waals surface area contributed by atoms with Gasteiger partial charge in [0.25, 0.3) is 0 Å². The summed E-state index contributed by atoms with van der Waals surface area (Å²) in [5.74, 6) is 5.27. The Labute approximate surface area is 111 Å². The smallest absolute Gasteiger partial charge is 0.165 e. The summed E-state index contributed by atoms with van der Waals surface area (Å²) in [6, 6.07) is 4.15. The number of nitrogens with one attached hydrogen (secondary N) is 1. The van der Waals surface area contributed by atoms with Gasteiger partial charge in [-0.1, -0.05) is 6.07 Å². The van der Waals surface area contributed by atoms with Gasteiger partial charge in [-0.2, -0.15) is 0 Å². The van der Waals surface area contributed by atoms with Crippen LogP contribution in [0.5, 0.6) is 5.75 Å². The van der Waals surface area contributed by atoms with Gasteiger partial charge >= 0.3 is 0 Å². The molecule has 1 aromatic rings. The van der Waals surface area contributed by atoms with E-state index < -0.39 is 15.7 Å². The Morgan fingerprint density at radius 3 is 2.74 bits per heavy atom. The molecule has 1 aliphatic heterocycles. The average Bonchev–Trinajstić information content (AvgIpc) is 2.71. The van der Waals surface area contributed by atoms with Crippen LogP contribution in [0, 0.1) is 11.7 Å². The minimum Gasteiger partial charge on any atom is -0.494 e. The first-order valence-corrected chi connectivity index (χ1v) is 7.79. The summed E-state index contributed by atoms with van der Waals surface area (Å²) < 4.78 is 41.5. The lowest BCUT2D eigenvalue weighted by Gasteiger charge is -2.22. The molecule has 0 saturated carbocycles. The molecule has 1 saturated heterocycles. The molecule has 0 aromatic heterocycles. The molecule has 3 N–H and O–H groups in total. The lowest BCUT2D eigenvalue weighted by Crippen LogP contribution is -2.34. The molecule has 1 aliphatic rings. The zero-order chi connectivity index (χ0) is 14.0. The molecule has 2 rings (SSSR count). The van der Waals surface area contributed by atoms with Crippen molar-refractivity contribution >= 4 is 9.84 Å². The second-order valence-corrected chi connectivity index (χ2v) is 6.93. The van der Waals surface area contributed by atoms with Gasteiger partial charge in [-0.15, -0.1) is 0 Å². The number of hydrazine groups is 1. The van der Waals surface area contributed by atoms with Crippen LogP contribution in [0.2, 0.25) is 0 Å². The molecule has 0 amide bonds. The van der Waals surface area contributed by atoms with Crippen LogP contribution in [0.1, 0.15) is 18.0 Å². The standard InChI is InChI=1S/C12H17FN2O3S/c1-18-11-3-2-8(6-10(11)13)12(15-14)9-4-5-19(16,17)7-9/h2-3,6,9,12,15H,4-5,7,14H2,1H3. The van der Waals surface area contributed by atoms with Crippen LogP contribution in [-0.2, 0) is 9.84 Å². The van der Waals surface area contributed by atoms with Gasteiger partial charge < -0.3 is 4.74 Å². The molecule has 19 heavy (non-hydrogen) atoms. The Morgan fingerprint density at radius 2 is 2.26 bits per heavy atom. The number of benzene rings is 1. The van der Waals surface area contributed by atoms with Gasteiger partial charge in [0.2, 0.25) is 0 Å². The highest BCUT2D eigenvalue weighted by Gasteiger charge is 2.34. The van der Waals surface area contributed by atoms with Crippen LogP contribution in [0.3, 0.4) is 0 Å². The van der Waals surface area contributed by atoms with E-state index in [-0.39, 0.29) is 29.2 Å². The van der Waals surface area contributed by atoms with E-state index in [0.717, 1.165) is 0 Å². The fourth-order valence-corrected chi connectivity index (χ4v) is 4.31. The van der Waals surface area contributed by atoms with E-state index in [2.05, 4.69) is 5.43 Å². The number of rotatable bonds is 4. The number of ether oxygens (including phenoxy) is 1. The Balaban J connectivity index is 2.25. The molecule has 0 bridgehead atoms. The first-order chi connectivity index (χ1) is 8.96. The normalized spacial score (nSPS) is 23.2. The van der Waals surface area contributed by atoms with Crippen LogP contribution in [0.25, 0.3) is 0 Å². The highest BCUT2D eigenvalue weighted by atomic mass is 32.2. The third kappa shape index (κ3) is 3.05. The second kappa shape index (κ2) is 5.44. The van der Waals surface area contributed by atoms with Crippen LogP contribution in [0.15, 0.2) is 18.2 Å². The first kappa shape index (κ1) is 14.2. The van der Waals surface area contributed by atoms with Crippen LogP contribution in [0.4, 0.5) is 4.39 Å². The predicted octanol–water partition coefficient (Wildman–Crippen LogP) is 0.773. The summed E-state index contributed by atoms with van der Waals surface area (Å²) in [6.45, 7) is 0. The maximum atomic E-state index is 13.7. The van der Waals surface area contributed by atoms with Crippen molar-refractivity contribution in [3.8, 4) is 5.75 Å². The molecular weight excluding hydrogens is 271 g/mol. The molecule has 1 fully saturated rings. The molecule has 106 valence electrons. The summed E-state index contributed by atoms with van der Waals surface area (Å²) >= 11 is 0. The Hall–Kier alpha value is -1.18. The van der Waals surface area contributed by atoms with E-state index in [1.807, 2.05) is 0 Å². The number of methoxy groups -OCH3 is 1.